The lowest BCUT2D eigenvalue weighted by atomic mass is 9.90. The molecule has 3 rings (SSSR count). The van der Waals surface area contributed by atoms with E-state index in [1.807, 2.05) is 26.0 Å². The van der Waals surface area contributed by atoms with E-state index in [4.69, 9.17) is 9.47 Å². The summed E-state index contributed by atoms with van der Waals surface area (Å²) in [7, 11) is 1.54. The number of phenolic OH excluding ortho intramolecular Hbond substituents is 2. The minimum absolute atomic E-state index is 0.0397. The zero-order valence-electron chi connectivity index (χ0n) is 19.8. The maximum Gasteiger partial charge on any atom is 0.202 e. The fourth-order valence-electron chi connectivity index (χ4n) is 3.92. The number of ether oxygens (including phenoxy) is 2. The molecule has 3 N–H and O–H groups in total. The SMILES string of the molecule is COc1cc(C2Oc3cc(O)c(C/C=C(\C)CCC=C(C)C)c(O)c3C(=O)[C@@H]2O)ccc1C. The Balaban J connectivity index is 1.90. The standard InChI is InChI=1S/C27H32O6/c1-15(2)7-6-8-16(3)9-12-19-20(28)14-22-23(24(19)29)25(30)26(31)27(33-22)18-11-10-17(4)21(13-18)32-5/h7,9-11,13-14,26-29,31H,6,8,12H2,1-5H3/b16-9+/t26-,27?/m0/s1. The van der Waals surface area contributed by atoms with Crippen molar-refractivity contribution in [1.82, 2.24) is 0 Å². The molecule has 1 aliphatic heterocycles. The van der Waals surface area contributed by atoms with Gasteiger partial charge in [-0.3, -0.25) is 4.79 Å². The molecule has 0 amide bonds. The topological polar surface area (TPSA) is 96.2 Å². The molecular formula is C27H32O6. The summed E-state index contributed by atoms with van der Waals surface area (Å²) in [6, 6.07) is 6.60. The molecular weight excluding hydrogens is 420 g/mol. The van der Waals surface area contributed by atoms with E-state index in [2.05, 4.69) is 19.9 Å². The number of carbonyl (C=O) groups is 1. The quantitative estimate of drug-likeness (QED) is 0.492. The highest BCUT2D eigenvalue weighted by atomic mass is 16.5. The molecule has 176 valence electrons. The van der Waals surface area contributed by atoms with Crippen LogP contribution in [0, 0.1) is 6.92 Å². The molecule has 2 aromatic carbocycles. The molecule has 1 aliphatic rings. The molecule has 33 heavy (non-hydrogen) atoms. The largest absolute Gasteiger partial charge is 0.507 e. The zero-order chi connectivity index (χ0) is 24.3. The summed E-state index contributed by atoms with van der Waals surface area (Å²) < 4.78 is 11.2. The van der Waals surface area contributed by atoms with Crippen LogP contribution in [-0.4, -0.2) is 34.3 Å². The van der Waals surface area contributed by atoms with Crippen LogP contribution in [0.5, 0.6) is 23.0 Å². The van der Waals surface area contributed by atoms with Crippen LogP contribution in [0.15, 0.2) is 47.6 Å². The number of benzene rings is 2. The first kappa shape index (κ1) is 24.4. The van der Waals surface area contributed by atoms with Gasteiger partial charge in [0.2, 0.25) is 5.78 Å². The van der Waals surface area contributed by atoms with Gasteiger partial charge in [-0.2, -0.15) is 0 Å². The molecule has 0 saturated carbocycles. The average molecular weight is 453 g/mol. The minimum Gasteiger partial charge on any atom is -0.507 e. The predicted molar refractivity (Wildman–Crippen MR) is 127 cm³/mol. The number of ketones is 1. The highest BCUT2D eigenvalue weighted by Gasteiger charge is 2.40. The summed E-state index contributed by atoms with van der Waals surface area (Å²) in [4.78, 5) is 13.0. The number of rotatable bonds is 7. The summed E-state index contributed by atoms with van der Waals surface area (Å²) in [5, 5.41) is 32.1. The number of allylic oxidation sites excluding steroid dienone is 4. The Bertz CT molecular complexity index is 1110. The lowest BCUT2D eigenvalue weighted by Gasteiger charge is -2.31. The lowest BCUT2D eigenvalue weighted by molar-refractivity contribution is 0.0209. The van der Waals surface area contributed by atoms with Gasteiger partial charge in [0.05, 0.1) is 7.11 Å². The number of aliphatic hydroxyl groups is 1. The monoisotopic (exact) mass is 452 g/mol. The fraction of sp³-hybridized carbons (Fsp3) is 0.370. The number of hydrogen-bond acceptors (Lipinski definition) is 6. The van der Waals surface area contributed by atoms with E-state index in [1.165, 1.54) is 11.6 Å². The second-order valence-corrected chi connectivity index (χ2v) is 8.75. The Morgan fingerprint density at radius 3 is 2.55 bits per heavy atom. The molecule has 0 saturated heterocycles. The van der Waals surface area contributed by atoms with Gasteiger partial charge in [-0.25, -0.2) is 0 Å². The van der Waals surface area contributed by atoms with Gasteiger partial charge in [-0.15, -0.1) is 0 Å². The molecule has 1 heterocycles. The molecule has 0 aliphatic carbocycles. The molecule has 0 bridgehead atoms. The third kappa shape index (κ3) is 5.22. The van der Waals surface area contributed by atoms with Gasteiger partial charge in [0.15, 0.2) is 12.2 Å². The lowest BCUT2D eigenvalue weighted by Crippen LogP contribution is -2.36. The molecule has 0 radical (unpaired) electrons. The van der Waals surface area contributed by atoms with Gasteiger partial charge < -0.3 is 24.8 Å². The van der Waals surface area contributed by atoms with Crippen LogP contribution in [0.3, 0.4) is 0 Å². The number of fused-ring (bicyclic) bond motifs is 1. The summed E-state index contributed by atoms with van der Waals surface area (Å²) in [5.41, 5.74) is 3.95. The molecule has 0 fully saturated rings. The Hall–Kier alpha value is -3.25. The van der Waals surface area contributed by atoms with Crippen molar-refractivity contribution in [3.63, 3.8) is 0 Å². The Morgan fingerprint density at radius 1 is 1.15 bits per heavy atom. The van der Waals surface area contributed by atoms with E-state index in [0.717, 1.165) is 24.0 Å². The second kappa shape index (κ2) is 10.1. The first-order valence-electron chi connectivity index (χ1n) is 11.0. The van der Waals surface area contributed by atoms with Crippen LogP contribution in [-0.2, 0) is 6.42 Å². The van der Waals surface area contributed by atoms with E-state index in [1.54, 1.807) is 19.2 Å². The predicted octanol–water partition coefficient (Wildman–Crippen LogP) is 5.33. The maximum atomic E-state index is 13.0. The highest BCUT2D eigenvalue weighted by Crippen LogP contribution is 2.45. The Kier molecular flexibility index (Phi) is 7.49. The van der Waals surface area contributed by atoms with Crippen LogP contribution in [0.1, 0.15) is 66.8 Å². The third-order valence-electron chi connectivity index (χ3n) is 5.91. The summed E-state index contributed by atoms with van der Waals surface area (Å²) >= 11 is 0. The van der Waals surface area contributed by atoms with Crippen LogP contribution >= 0.6 is 0 Å². The van der Waals surface area contributed by atoms with Crippen molar-refractivity contribution in [2.75, 3.05) is 7.11 Å². The Morgan fingerprint density at radius 2 is 1.88 bits per heavy atom. The van der Waals surface area contributed by atoms with Gasteiger partial charge in [0.1, 0.15) is 28.6 Å². The van der Waals surface area contributed by atoms with Gasteiger partial charge in [-0.05, 0) is 64.2 Å². The number of aliphatic hydroxyl groups excluding tert-OH is 1. The van der Waals surface area contributed by atoms with E-state index in [-0.39, 0.29) is 34.8 Å². The zero-order valence-corrected chi connectivity index (χ0v) is 19.8. The number of Topliss-reactive ketones (excluding diaryl/α,β-unsaturated/α-hetero) is 1. The number of aryl methyl sites for hydroxylation is 1. The smallest absolute Gasteiger partial charge is 0.202 e. The van der Waals surface area contributed by atoms with E-state index in [0.29, 0.717) is 11.3 Å². The van der Waals surface area contributed by atoms with Crippen molar-refractivity contribution in [3.05, 3.63) is 69.8 Å². The number of carbonyl (C=O) groups excluding carboxylic acids is 1. The van der Waals surface area contributed by atoms with Crippen LogP contribution < -0.4 is 9.47 Å². The summed E-state index contributed by atoms with van der Waals surface area (Å²) in [6.07, 6.45) is 3.62. The van der Waals surface area contributed by atoms with Crippen molar-refractivity contribution in [1.29, 1.82) is 0 Å². The number of hydrogen-bond donors (Lipinski definition) is 3. The van der Waals surface area contributed by atoms with Crippen LogP contribution in [0.4, 0.5) is 0 Å². The van der Waals surface area contributed by atoms with Gasteiger partial charge >= 0.3 is 0 Å². The molecule has 2 aromatic rings. The van der Waals surface area contributed by atoms with Gasteiger partial charge in [0.25, 0.3) is 0 Å². The number of aromatic hydroxyl groups is 2. The number of methoxy groups -OCH3 is 1. The van der Waals surface area contributed by atoms with Crippen molar-refractivity contribution in [2.45, 2.75) is 59.2 Å². The van der Waals surface area contributed by atoms with E-state index >= 15 is 0 Å². The van der Waals surface area contributed by atoms with Gasteiger partial charge in [-0.1, -0.05) is 35.4 Å². The third-order valence-corrected chi connectivity index (χ3v) is 5.91. The molecule has 6 nitrogen and oxygen atoms in total. The maximum absolute atomic E-state index is 13.0. The molecule has 2 atom stereocenters. The Labute approximate surface area is 194 Å². The van der Waals surface area contributed by atoms with Crippen molar-refractivity contribution >= 4 is 5.78 Å². The normalized spacial score (nSPS) is 17.9. The summed E-state index contributed by atoms with van der Waals surface area (Å²) in [6.45, 7) is 7.98. The number of phenols is 2. The first-order valence-corrected chi connectivity index (χ1v) is 11.0. The summed E-state index contributed by atoms with van der Waals surface area (Å²) in [5.74, 6) is -0.526. The van der Waals surface area contributed by atoms with Crippen molar-refractivity contribution < 1.29 is 29.6 Å². The second-order valence-electron chi connectivity index (χ2n) is 8.75. The van der Waals surface area contributed by atoms with E-state index < -0.39 is 18.0 Å². The fourth-order valence-corrected chi connectivity index (χ4v) is 3.92. The molecule has 0 aromatic heterocycles. The van der Waals surface area contributed by atoms with Gasteiger partial charge in [0, 0.05) is 11.6 Å². The van der Waals surface area contributed by atoms with Crippen LogP contribution in [0.2, 0.25) is 0 Å². The van der Waals surface area contributed by atoms with Crippen LogP contribution in [0.25, 0.3) is 0 Å². The highest BCUT2D eigenvalue weighted by molar-refractivity contribution is 6.06. The average Bonchev–Trinajstić information content (AvgIpc) is 2.76. The minimum atomic E-state index is -1.51. The molecule has 0 spiro atoms. The van der Waals surface area contributed by atoms with Crippen molar-refractivity contribution in [2.24, 2.45) is 0 Å². The first-order chi connectivity index (χ1) is 15.6. The van der Waals surface area contributed by atoms with Crippen molar-refractivity contribution in [3.8, 4) is 23.0 Å². The van der Waals surface area contributed by atoms with E-state index in [9.17, 15) is 20.1 Å². The molecule has 1 unspecified atom stereocenters. The molecule has 6 heteroatoms.